The van der Waals surface area contributed by atoms with Crippen LogP contribution < -0.4 is 29.6 Å². The van der Waals surface area contributed by atoms with Gasteiger partial charge in [0.15, 0.2) is 23.0 Å². The number of nitrogens with one attached hydrogen (secondary N) is 2. The summed E-state index contributed by atoms with van der Waals surface area (Å²) in [4.78, 5) is 13.0. The molecule has 0 spiro atoms. The van der Waals surface area contributed by atoms with Gasteiger partial charge in [-0.1, -0.05) is 72.8 Å². The van der Waals surface area contributed by atoms with E-state index < -0.39 is 5.41 Å². The zero-order valence-corrected chi connectivity index (χ0v) is 33.2. The van der Waals surface area contributed by atoms with Crippen molar-refractivity contribution in [2.75, 3.05) is 46.6 Å². The van der Waals surface area contributed by atoms with Crippen molar-refractivity contribution in [3.63, 3.8) is 0 Å². The second kappa shape index (κ2) is 22.0. The zero-order chi connectivity index (χ0) is 39.5. The van der Waals surface area contributed by atoms with E-state index >= 15 is 0 Å². The minimum Gasteiger partial charge on any atom is -0.493 e. The first-order valence-electron chi connectivity index (χ1n) is 20.4. The minimum absolute atomic E-state index is 0.0247. The van der Waals surface area contributed by atoms with Gasteiger partial charge in [-0.2, -0.15) is 5.26 Å². The van der Waals surface area contributed by atoms with E-state index in [2.05, 4.69) is 22.8 Å². The van der Waals surface area contributed by atoms with Crippen molar-refractivity contribution in [2.24, 2.45) is 5.92 Å². The smallest absolute Gasteiger partial charge is 0.223 e. The molecular formula is C47H57N3O7. The van der Waals surface area contributed by atoms with Crippen molar-refractivity contribution < 1.29 is 33.2 Å². The molecule has 1 amide bonds. The first-order valence-corrected chi connectivity index (χ1v) is 20.4. The highest BCUT2D eigenvalue weighted by atomic mass is 16.5. The van der Waals surface area contributed by atoms with Crippen molar-refractivity contribution in [1.82, 2.24) is 10.6 Å². The summed E-state index contributed by atoms with van der Waals surface area (Å²) in [5.74, 6) is 2.73. The van der Waals surface area contributed by atoms with Gasteiger partial charge >= 0.3 is 0 Å². The van der Waals surface area contributed by atoms with E-state index in [0.717, 1.165) is 35.1 Å². The molecule has 0 radical (unpaired) electrons. The third kappa shape index (κ3) is 12.5. The van der Waals surface area contributed by atoms with Crippen LogP contribution in [0.5, 0.6) is 23.0 Å². The standard InChI is InChI=1S/C47H57N3O7/c1-52-42-19-17-40(31-45(42)57-41-14-8-9-15-41)47(35-48)22-20-39(21-23-47)46(51)50-25-27-54-29-28-53-26-24-49-32-38-16-18-43(55-33-36-10-4-2-5-11-36)44(30-38)56-34-37-12-6-3-7-13-37/h2-7,10-13,16-19,30-31,39,41,49H,8-9,14-15,20-29,32-34H2,1H3,(H,50,51). The molecule has 2 N–H and O–H groups in total. The van der Waals surface area contributed by atoms with E-state index in [1.165, 1.54) is 12.8 Å². The highest BCUT2D eigenvalue weighted by molar-refractivity contribution is 5.78. The quantitative estimate of drug-likeness (QED) is 0.0764. The lowest BCUT2D eigenvalue weighted by Crippen LogP contribution is -2.39. The third-order valence-electron chi connectivity index (χ3n) is 10.9. The number of carbonyl (C=O) groups excluding carboxylic acids is 1. The van der Waals surface area contributed by atoms with Gasteiger partial charge in [-0.25, -0.2) is 0 Å². The van der Waals surface area contributed by atoms with Crippen molar-refractivity contribution in [3.8, 4) is 29.1 Å². The molecule has 302 valence electrons. The Morgan fingerprint density at radius 1 is 0.702 bits per heavy atom. The average Bonchev–Trinajstić information content (AvgIpc) is 3.78. The summed E-state index contributed by atoms with van der Waals surface area (Å²) in [6.07, 6.45) is 7.20. The molecule has 2 aliphatic carbocycles. The van der Waals surface area contributed by atoms with Crippen LogP contribution in [0.3, 0.4) is 0 Å². The molecule has 10 heteroatoms. The molecule has 0 bridgehead atoms. The lowest BCUT2D eigenvalue weighted by atomic mass is 9.67. The SMILES string of the molecule is COc1ccc(C2(C#N)CCC(C(=O)NCCOCCOCCNCc3ccc(OCc4ccccc4)c(OCc4ccccc4)c3)CC2)cc1OC1CCCC1. The molecule has 10 nitrogen and oxygen atoms in total. The van der Waals surface area contributed by atoms with Gasteiger partial charge in [0.1, 0.15) is 13.2 Å². The summed E-state index contributed by atoms with van der Waals surface area (Å²) < 4.78 is 35.7. The predicted molar refractivity (Wildman–Crippen MR) is 219 cm³/mol. The second-order valence-corrected chi connectivity index (χ2v) is 14.9. The number of nitriles is 1. The molecule has 0 heterocycles. The number of ether oxygens (including phenoxy) is 6. The van der Waals surface area contributed by atoms with Crippen LogP contribution in [0.15, 0.2) is 97.1 Å². The maximum absolute atomic E-state index is 13.0. The van der Waals surface area contributed by atoms with Crippen LogP contribution >= 0.6 is 0 Å². The number of carbonyl (C=O) groups is 1. The van der Waals surface area contributed by atoms with Crippen LogP contribution in [0.2, 0.25) is 0 Å². The Morgan fingerprint density at radius 3 is 1.98 bits per heavy atom. The van der Waals surface area contributed by atoms with Gasteiger partial charge in [-0.05, 0) is 97.9 Å². The average molecular weight is 776 g/mol. The number of benzene rings is 4. The molecule has 4 aromatic carbocycles. The van der Waals surface area contributed by atoms with Crippen molar-refractivity contribution in [3.05, 3.63) is 119 Å². The van der Waals surface area contributed by atoms with Crippen LogP contribution in [-0.2, 0) is 39.4 Å². The molecule has 4 aromatic rings. The maximum Gasteiger partial charge on any atom is 0.223 e. The monoisotopic (exact) mass is 775 g/mol. The first-order chi connectivity index (χ1) is 28.0. The molecule has 2 aliphatic rings. The summed E-state index contributed by atoms with van der Waals surface area (Å²) in [6, 6.07) is 34.7. The Kier molecular flexibility index (Phi) is 16.0. The number of nitrogens with zero attached hydrogens (tertiary/aromatic N) is 1. The molecule has 0 aliphatic heterocycles. The van der Waals surface area contributed by atoms with Gasteiger partial charge in [0.25, 0.3) is 0 Å². The van der Waals surface area contributed by atoms with Gasteiger partial charge in [0, 0.05) is 25.6 Å². The minimum atomic E-state index is -0.639. The Bertz CT molecular complexity index is 1850. The van der Waals surface area contributed by atoms with Crippen LogP contribution in [0, 0.1) is 17.2 Å². The highest BCUT2D eigenvalue weighted by Gasteiger charge is 2.39. The van der Waals surface area contributed by atoms with Crippen LogP contribution in [0.4, 0.5) is 0 Å². The van der Waals surface area contributed by atoms with Gasteiger partial charge in [-0.15, -0.1) is 0 Å². The number of hydrogen-bond acceptors (Lipinski definition) is 9. The first kappa shape index (κ1) is 41.6. The van der Waals surface area contributed by atoms with E-state index in [-0.39, 0.29) is 17.9 Å². The van der Waals surface area contributed by atoms with Crippen LogP contribution in [0.25, 0.3) is 0 Å². The van der Waals surface area contributed by atoms with Gasteiger partial charge in [-0.3, -0.25) is 4.79 Å². The molecule has 0 unspecified atom stereocenters. The number of methoxy groups -OCH3 is 1. The Labute approximate surface area is 337 Å². The van der Waals surface area contributed by atoms with Gasteiger partial charge in [0.05, 0.1) is 51.1 Å². The molecule has 6 rings (SSSR count). The normalized spacial score (nSPS) is 18.1. The summed E-state index contributed by atoms with van der Waals surface area (Å²) in [5, 5.41) is 16.8. The second-order valence-electron chi connectivity index (χ2n) is 14.9. The molecule has 2 saturated carbocycles. The largest absolute Gasteiger partial charge is 0.493 e. The summed E-state index contributed by atoms with van der Waals surface area (Å²) in [6.45, 7) is 4.59. The molecule has 57 heavy (non-hydrogen) atoms. The van der Waals surface area contributed by atoms with Gasteiger partial charge < -0.3 is 39.1 Å². The molecule has 0 atom stereocenters. The van der Waals surface area contributed by atoms with E-state index in [1.54, 1.807) is 7.11 Å². The maximum atomic E-state index is 13.0. The lowest BCUT2D eigenvalue weighted by Gasteiger charge is -2.35. The van der Waals surface area contributed by atoms with E-state index in [1.807, 2.05) is 91.0 Å². The number of amides is 1. The van der Waals surface area contributed by atoms with E-state index in [0.29, 0.717) is 108 Å². The molecular weight excluding hydrogens is 719 g/mol. The third-order valence-corrected chi connectivity index (χ3v) is 10.9. The summed E-state index contributed by atoms with van der Waals surface area (Å²) in [5.41, 5.74) is 3.58. The lowest BCUT2D eigenvalue weighted by molar-refractivity contribution is -0.126. The molecule has 2 fully saturated rings. The van der Waals surface area contributed by atoms with Crippen LogP contribution in [-0.4, -0.2) is 58.6 Å². The topological polar surface area (TPSA) is 120 Å². The molecule has 0 aromatic heterocycles. The number of rotatable bonds is 22. The Morgan fingerprint density at radius 2 is 1.33 bits per heavy atom. The predicted octanol–water partition coefficient (Wildman–Crippen LogP) is 8.07. The van der Waals surface area contributed by atoms with E-state index in [4.69, 9.17) is 28.4 Å². The highest BCUT2D eigenvalue weighted by Crippen LogP contribution is 2.44. The fraction of sp³-hybridized carbons (Fsp3) is 0.447. The van der Waals surface area contributed by atoms with Gasteiger partial charge in [0.2, 0.25) is 5.91 Å². The van der Waals surface area contributed by atoms with E-state index in [9.17, 15) is 10.1 Å². The fourth-order valence-corrected chi connectivity index (χ4v) is 7.54. The van der Waals surface area contributed by atoms with Crippen molar-refractivity contribution in [2.45, 2.75) is 82.6 Å². The zero-order valence-electron chi connectivity index (χ0n) is 33.2. The van der Waals surface area contributed by atoms with Crippen LogP contribution in [0.1, 0.15) is 73.6 Å². The summed E-state index contributed by atoms with van der Waals surface area (Å²) in [7, 11) is 1.64. The Balaban J connectivity index is 0.838. The van der Waals surface area contributed by atoms with Crippen molar-refractivity contribution in [1.29, 1.82) is 5.26 Å². The number of hydrogen-bond donors (Lipinski definition) is 2. The molecule has 0 saturated heterocycles. The van der Waals surface area contributed by atoms with Crippen molar-refractivity contribution >= 4 is 5.91 Å². The summed E-state index contributed by atoms with van der Waals surface area (Å²) >= 11 is 0. The Hall–Kier alpha value is -5.08. The fourth-order valence-electron chi connectivity index (χ4n) is 7.54.